The quantitative estimate of drug-likeness (QED) is 0.379. The SMILES string of the molecule is CO[C@@H]1[C@@H](n2cc(-c3cc(F)cc(F)c3)nn2)[C@@H](O)[C@@H](CO)O[C@H]1C(=O)N(c1cccc(C#N)c1)[C@H]1CCCC[C@@H]1O. The number of amides is 1. The van der Waals surface area contributed by atoms with Gasteiger partial charge in [-0.25, -0.2) is 13.5 Å². The molecule has 1 aliphatic carbocycles. The van der Waals surface area contributed by atoms with Gasteiger partial charge in [-0.05, 0) is 43.2 Å². The van der Waals surface area contributed by atoms with Gasteiger partial charge < -0.3 is 29.7 Å². The monoisotopic (exact) mass is 583 g/mol. The van der Waals surface area contributed by atoms with Gasteiger partial charge in [-0.1, -0.05) is 24.1 Å². The van der Waals surface area contributed by atoms with Gasteiger partial charge in [0.05, 0.1) is 36.6 Å². The van der Waals surface area contributed by atoms with Crippen LogP contribution in [0.1, 0.15) is 37.3 Å². The number of carbonyl (C=O) groups is 1. The maximum absolute atomic E-state index is 14.4. The van der Waals surface area contributed by atoms with Crippen molar-refractivity contribution in [1.29, 1.82) is 5.26 Å². The summed E-state index contributed by atoms with van der Waals surface area (Å²) >= 11 is 0. The number of nitriles is 1. The molecule has 7 atom stereocenters. The lowest BCUT2D eigenvalue weighted by molar-refractivity contribution is -0.211. The summed E-state index contributed by atoms with van der Waals surface area (Å²) in [6, 6.07) is 9.63. The van der Waals surface area contributed by atoms with Crippen LogP contribution >= 0.6 is 0 Å². The number of hydrogen-bond donors (Lipinski definition) is 3. The van der Waals surface area contributed by atoms with Crippen LogP contribution in [-0.2, 0) is 14.3 Å². The Hall–Kier alpha value is -3.80. The van der Waals surface area contributed by atoms with Crippen molar-refractivity contribution in [2.45, 2.75) is 68.3 Å². The van der Waals surface area contributed by atoms with Crippen molar-refractivity contribution in [1.82, 2.24) is 15.0 Å². The van der Waals surface area contributed by atoms with Crippen LogP contribution < -0.4 is 4.90 Å². The number of benzene rings is 2. The molecule has 3 N–H and O–H groups in total. The first kappa shape index (κ1) is 29.7. The van der Waals surface area contributed by atoms with Crippen molar-refractivity contribution < 1.29 is 38.4 Å². The van der Waals surface area contributed by atoms with Gasteiger partial charge in [0.1, 0.15) is 41.7 Å². The number of anilines is 1. The number of carbonyl (C=O) groups excluding carboxylic acids is 1. The van der Waals surface area contributed by atoms with Crippen molar-refractivity contribution in [3.05, 3.63) is 65.9 Å². The van der Waals surface area contributed by atoms with Crippen LogP contribution in [0.3, 0.4) is 0 Å². The highest BCUT2D eigenvalue weighted by molar-refractivity contribution is 5.98. The normalized spacial score (nSPS) is 27.8. The molecule has 1 aliphatic heterocycles. The number of methoxy groups -OCH3 is 1. The van der Waals surface area contributed by atoms with E-state index in [1.165, 1.54) is 22.9 Å². The maximum Gasteiger partial charge on any atom is 0.259 e. The Morgan fingerprint density at radius 3 is 2.60 bits per heavy atom. The zero-order valence-electron chi connectivity index (χ0n) is 22.8. The predicted molar refractivity (Wildman–Crippen MR) is 144 cm³/mol. The molecule has 0 unspecified atom stereocenters. The molecule has 2 fully saturated rings. The van der Waals surface area contributed by atoms with E-state index in [2.05, 4.69) is 16.4 Å². The molecule has 2 aliphatic rings. The number of nitrogens with zero attached hydrogens (tertiary/aromatic N) is 5. The lowest BCUT2D eigenvalue weighted by Gasteiger charge is -2.46. The lowest BCUT2D eigenvalue weighted by atomic mass is 9.88. The maximum atomic E-state index is 14.4. The second-order valence-electron chi connectivity index (χ2n) is 10.5. The number of hydrogen-bond acceptors (Lipinski definition) is 9. The summed E-state index contributed by atoms with van der Waals surface area (Å²) in [7, 11) is 1.32. The number of rotatable bonds is 7. The minimum Gasteiger partial charge on any atom is -0.394 e. The summed E-state index contributed by atoms with van der Waals surface area (Å²) in [4.78, 5) is 15.8. The molecule has 13 heteroatoms. The lowest BCUT2D eigenvalue weighted by Crippen LogP contribution is -2.63. The van der Waals surface area contributed by atoms with Gasteiger partial charge in [-0.2, -0.15) is 5.26 Å². The van der Waals surface area contributed by atoms with E-state index in [4.69, 9.17) is 9.47 Å². The minimum atomic E-state index is -1.42. The third-order valence-electron chi connectivity index (χ3n) is 7.87. The summed E-state index contributed by atoms with van der Waals surface area (Å²) in [5.74, 6) is -2.22. The van der Waals surface area contributed by atoms with Crippen LogP contribution in [0.25, 0.3) is 11.3 Å². The summed E-state index contributed by atoms with van der Waals surface area (Å²) in [6.45, 7) is -0.648. The van der Waals surface area contributed by atoms with E-state index in [0.29, 0.717) is 24.1 Å². The second kappa shape index (κ2) is 12.6. The van der Waals surface area contributed by atoms with Gasteiger partial charge in [0.2, 0.25) is 0 Å². The fourth-order valence-corrected chi connectivity index (χ4v) is 5.85. The standard InChI is InChI=1S/C29H31F2N5O6/c1-41-27-25(35-14-21(33-34-35)17-10-18(30)12-19(31)11-17)26(39)24(15-37)42-28(27)29(40)36(22-7-2-3-8-23(22)38)20-6-4-5-16(9-20)13-32/h4-6,9-12,14,22-28,37-39H,2-3,7-8,15H2,1H3/t22-,23-,24+,25-,26-,27+,28+/m0/s1. The van der Waals surface area contributed by atoms with Crippen molar-refractivity contribution in [2.24, 2.45) is 0 Å². The van der Waals surface area contributed by atoms with Gasteiger partial charge in [0, 0.05) is 24.4 Å². The molecule has 2 heterocycles. The number of halogens is 2. The second-order valence-corrected chi connectivity index (χ2v) is 10.5. The third-order valence-corrected chi connectivity index (χ3v) is 7.87. The molecule has 1 saturated carbocycles. The average molecular weight is 584 g/mol. The zero-order chi connectivity index (χ0) is 30.0. The third kappa shape index (κ3) is 5.77. The van der Waals surface area contributed by atoms with Gasteiger partial charge in [-0.3, -0.25) is 4.79 Å². The molecular weight excluding hydrogens is 552 g/mol. The molecule has 2 aromatic carbocycles. The van der Waals surface area contributed by atoms with E-state index in [1.807, 2.05) is 0 Å². The Bertz CT molecular complexity index is 1440. The average Bonchev–Trinajstić information content (AvgIpc) is 3.47. The largest absolute Gasteiger partial charge is 0.394 e. The first-order valence-electron chi connectivity index (χ1n) is 13.6. The van der Waals surface area contributed by atoms with Gasteiger partial charge in [0.25, 0.3) is 5.91 Å². The van der Waals surface area contributed by atoms with Crippen molar-refractivity contribution in [3.8, 4) is 17.3 Å². The van der Waals surface area contributed by atoms with E-state index in [1.54, 1.807) is 24.3 Å². The van der Waals surface area contributed by atoms with Crippen molar-refractivity contribution in [3.63, 3.8) is 0 Å². The Labute approximate surface area is 240 Å². The van der Waals surface area contributed by atoms with Gasteiger partial charge >= 0.3 is 0 Å². The van der Waals surface area contributed by atoms with Crippen LogP contribution in [0, 0.1) is 23.0 Å². The Morgan fingerprint density at radius 2 is 1.93 bits per heavy atom. The molecule has 1 saturated heterocycles. The molecule has 0 radical (unpaired) electrons. The van der Waals surface area contributed by atoms with Crippen molar-refractivity contribution in [2.75, 3.05) is 18.6 Å². The summed E-state index contributed by atoms with van der Waals surface area (Å²) in [5, 5.41) is 49.8. The highest BCUT2D eigenvalue weighted by atomic mass is 19.1. The van der Waals surface area contributed by atoms with Gasteiger partial charge in [-0.15, -0.1) is 5.10 Å². The van der Waals surface area contributed by atoms with E-state index in [-0.39, 0.29) is 11.3 Å². The summed E-state index contributed by atoms with van der Waals surface area (Å²) < 4.78 is 40.6. The Morgan fingerprint density at radius 1 is 1.19 bits per heavy atom. The number of ether oxygens (including phenoxy) is 2. The molecule has 0 bridgehead atoms. The van der Waals surface area contributed by atoms with E-state index >= 15 is 0 Å². The minimum absolute atomic E-state index is 0.102. The molecule has 0 spiro atoms. The fourth-order valence-electron chi connectivity index (χ4n) is 5.85. The molecule has 11 nitrogen and oxygen atoms in total. The molecule has 1 amide bonds. The van der Waals surface area contributed by atoms with E-state index < -0.39 is 66.8 Å². The first-order chi connectivity index (χ1) is 20.2. The highest BCUT2D eigenvalue weighted by Crippen LogP contribution is 2.36. The number of aliphatic hydroxyl groups is 3. The van der Waals surface area contributed by atoms with Crippen LogP contribution in [0.5, 0.6) is 0 Å². The van der Waals surface area contributed by atoms with Crippen LogP contribution in [0.2, 0.25) is 0 Å². The topological polar surface area (TPSA) is 154 Å². The number of aliphatic hydroxyl groups excluding tert-OH is 3. The molecule has 5 rings (SSSR count). The first-order valence-corrected chi connectivity index (χ1v) is 13.6. The van der Waals surface area contributed by atoms with Crippen LogP contribution in [0.4, 0.5) is 14.5 Å². The van der Waals surface area contributed by atoms with Crippen molar-refractivity contribution >= 4 is 11.6 Å². The predicted octanol–water partition coefficient (Wildman–Crippen LogP) is 2.11. The summed E-state index contributed by atoms with van der Waals surface area (Å²) in [5.41, 5.74) is 0.901. The smallest absolute Gasteiger partial charge is 0.259 e. The molecule has 3 aromatic rings. The number of aromatic nitrogens is 3. The Kier molecular flexibility index (Phi) is 8.91. The molecule has 42 heavy (non-hydrogen) atoms. The molecule has 1 aromatic heterocycles. The Balaban J connectivity index is 1.54. The van der Waals surface area contributed by atoms with Gasteiger partial charge in [0.15, 0.2) is 6.10 Å². The van der Waals surface area contributed by atoms with E-state index in [0.717, 1.165) is 31.0 Å². The molecule has 222 valence electrons. The van der Waals surface area contributed by atoms with Crippen LogP contribution in [0.15, 0.2) is 48.7 Å². The highest BCUT2D eigenvalue weighted by Gasteiger charge is 2.52. The fraction of sp³-hybridized carbons (Fsp3) is 0.448. The molecular formula is C29H31F2N5O6. The van der Waals surface area contributed by atoms with Crippen LogP contribution in [-0.4, -0.2) is 86.5 Å². The van der Waals surface area contributed by atoms with E-state index in [9.17, 15) is 34.2 Å². The zero-order valence-corrected chi connectivity index (χ0v) is 22.8. The summed E-state index contributed by atoms with van der Waals surface area (Å²) in [6.07, 6.45) is -2.15.